The Bertz CT molecular complexity index is 1160. The minimum Gasteiger partial charge on any atom is -0.382 e. The normalized spacial score (nSPS) is 15.0. The Morgan fingerprint density at radius 2 is 1.34 bits per heavy atom. The van der Waals surface area contributed by atoms with Crippen molar-refractivity contribution in [2.45, 2.75) is 30.4 Å². The van der Waals surface area contributed by atoms with Crippen LogP contribution in [0.4, 0.5) is 39.5 Å². The van der Waals surface area contributed by atoms with Crippen LogP contribution in [0.1, 0.15) is 22.3 Å². The zero-order valence-electron chi connectivity index (χ0n) is 17.7. The smallest absolute Gasteiger partial charge is 0.382 e. The van der Waals surface area contributed by atoms with Crippen molar-refractivity contribution in [1.82, 2.24) is 5.32 Å². The average Bonchev–Trinajstić information content (AvgIpc) is 2.77. The van der Waals surface area contributed by atoms with Gasteiger partial charge in [0.15, 0.2) is 17.7 Å². The quantitative estimate of drug-likeness (QED) is 0.378. The lowest BCUT2D eigenvalue weighted by atomic mass is 9.77. The van der Waals surface area contributed by atoms with Crippen LogP contribution in [0.2, 0.25) is 0 Å². The summed E-state index contributed by atoms with van der Waals surface area (Å²) in [5.74, 6) is -4.09. The number of rotatable bonds is 7. The van der Waals surface area contributed by atoms with Crippen LogP contribution >= 0.6 is 0 Å². The molecule has 0 fully saturated rings. The Morgan fingerprint density at radius 3 is 1.91 bits per heavy atom. The Labute approximate surface area is 194 Å². The van der Waals surface area contributed by atoms with Crippen molar-refractivity contribution in [2.75, 3.05) is 6.54 Å². The molecular weight excluding hydrogens is 489 g/mol. The van der Waals surface area contributed by atoms with Gasteiger partial charge in [0, 0.05) is 6.54 Å². The molecule has 0 saturated heterocycles. The third-order valence-electron chi connectivity index (χ3n) is 5.42. The third kappa shape index (κ3) is 6.15. The van der Waals surface area contributed by atoms with Gasteiger partial charge >= 0.3 is 12.4 Å². The van der Waals surface area contributed by atoms with Crippen LogP contribution in [-0.4, -0.2) is 23.9 Å². The second-order valence-electron chi connectivity index (χ2n) is 7.86. The molecule has 2 N–H and O–H groups in total. The highest BCUT2D eigenvalue weighted by molar-refractivity contribution is 5.44. The molecule has 0 amide bonds. The number of nitrogens with one attached hydrogen (secondary N) is 1. The summed E-state index contributed by atoms with van der Waals surface area (Å²) >= 11 is 0. The van der Waals surface area contributed by atoms with Crippen LogP contribution < -0.4 is 5.32 Å². The SMILES string of the molecule is O[C@H](CN[C@@](Cc1ccccc1)(c1cc(F)cc(C(F)(F)F)c1)c1ccc(F)c(F)c1)C(F)(F)F. The van der Waals surface area contributed by atoms with E-state index in [1.54, 1.807) is 18.2 Å². The van der Waals surface area contributed by atoms with Gasteiger partial charge in [0.2, 0.25) is 0 Å². The number of alkyl halides is 6. The molecule has 3 aromatic rings. The molecule has 188 valence electrons. The molecule has 2 nitrogen and oxygen atoms in total. The number of hydrogen-bond donors (Lipinski definition) is 2. The highest BCUT2D eigenvalue weighted by atomic mass is 19.4. The molecule has 0 bridgehead atoms. The molecule has 0 aliphatic rings. The topological polar surface area (TPSA) is 32.3 Å². The van der Waals surface area contributed by atoms with Crippen molar-refractivity contribution in [2.24, 2.45) is 0 Å². The summed E-state index contributed by atoms with van der Waals surface area (Å²) in [5, 5.41) is 12.0. The van der Waals surface area contributed by atoms with E-state index in [9.17, 15) is 44.6 Å². The summed E-state index contributed by atoms with van der Waals surface area (Å²) in [6.45, 7) is -1.24. The molecule has 35 heavy (non-hydrogen) atoms. The van der Waals surface area contributed by atoms with Crippen LogP contribution in [0.25, 0.3) is 0 Å². The average molecular weight is 507 g/mol. The van der Waals surface area contributed by atoms with E-state index in [0.717, 1.165) is 6.07 Å². The van der Waals surface area contributed by atoms with E-state index >= 15 is 0 Å². The molecule has 11 heteroatoms. The summed E-state index contributed by atoms with van der Waals surface area (Å²) in [5.41, 5.74) is -4.00. The lowest BCUT2D eigenvalue weighted by Crippen LogP contribution is -2.51. The number of benzene rings is 3. The third-order valence-corrected chi connectivity index (χ3v) is 5.42. The standard InChI is InChI=1S/C24H18F9NO/c25-18-9-16(8-17(10-18)23(28,29)30)22(12-14-4-2-1-3-5-14,34-13-21(35)24(31,32)33)15-6-7-19(26)20(27)11-15/h1-11,21,34-35H,12-13H2/t21-,22-/m1/s1. The van der Waals surface area contributed by atoms with Crippen LogP contribution in [0, 0.1) is 17.5 Å². The van der Waals surface area contributed by atoms with Crippen molar-refractivity contribution < 1.29 is 44.6 Å². The molecule has 2 atom stereocenters. The maximum absolute atomic E-state index is 14.4. The van der Waals surface area contributed by atoms with Gasteiger partial charge in [-0.15, -0.1) is 0 Å². The minimum absolute atomic E-state index is 0.201. The number of aliphatic hydroxyl groups is 1. The Morgan fingerprint density at radius 1 is 0.714 bits per heavy atom. The molecule has 0 aliphatic heterocycles. The predicted octanol–water partition coefficient (Wildman–Crippen LogP) is 6.12. The van der Waals surface area contributed by atoms with E-state index < -0.39 is 65.5 Å². The lowest BCUT2D eigenvalue weighted by Gasteiger charge is -2.38. The first-order valence-corrected chi connectivity index (χ1v) is 10.1. The van der Waals surface area contributed by atoms with Crippen molar-refractivity contribution in [1.29, 1.82) is 0 Å². The van der Waals surface area contributed by atoms with Crippen molar-refractivity contribution in [3.8, 4) is 0 Å². The van der Waals surface area contributed by atoms with Crippen LogP contribution in [0.3, 0.4) is 0 Å². The minimum atomic E-state index is -5.10. The zero-order valence-corrected chi connectivity index (χ0v) is 17.7. The maximum Gasteiger partial charge on any atom is 0.416 e. The van der Waals surface area contributed by atoms with Gasteiger partial charge in [-0.25, -0.2) is 13.2 Å². The predicted molar refractivity (Wildman–Crippen MR) is 109 cm³/mol. The molecular formula is C24H18F9NO. The second kappa shape index (κ2) is 9.90. The largest absolute Gasteiger partial charge is 0.416 e. The van der Waals surface area contributed by atoms with Gasteiger partial charge in [-0.05, 0) is 53.4 Å². The second-order valence-corrected chi connectivity index (χ2v) is 7.86. The summed E-state index contributed by atoms with van der Waals surface area (Å²) in [6.07, 6.45) is -13.5. The number of aliphatic hydroxyl groups excluding tert-OH is 1. The van der Waals surface area contributed by atoms with Gasteiger partial charge in [0.05, 0.1) is 11.1 Å². The highest BCUT2D eigenvalue weighted by Crippen LogP contribution is 2.39. The van der Waals surface area contributed by atoms with Crippen LogP contribution in [0.5, 0.6) is 0 Å². The summed E-state index contributed by atoms with van der Waals surface area (Å²) in [6, 6.07) is 11.3. The van der Waals surface area contributed by atoms with E-state index in [4.69, 9.17) is 0 Å². The van der Waals surface area contributed by atoms with Crippen molar-refractivity contribution in [3.63, 3.8) is 0 Å². The van der Waals surface area contributed by atoms with Gasteiger partial charge in [-0.1, -0.05) is 36.4 Å². The molecule has 0 aromatic heterocycles. The molecule has 0 heterocycles. The van der Waals surface area contributed by atoms with Crippen LogP contribution in [-0.2, 0) is 18.1 Å². The zero-order chi connectivity index (χ0) is 26.0. The molecule has 0 radical (unpaired) electrons. The summed E-state index contributed by atoms with van der Waals surface area (Å²) in [4.78, 5) is 0. The van der Waals surface area contributed by atoms with Gasteiger partial charge in [-0.2, -0.15) is 26.3 Å². The summed E-state index contributed by atoms with van der Waals surface area (Å²) < 4.78 is 122. The first-order valence-electron chi connectivity index (χ1n) is 10.1. The Kier molecular flexibility index (Phi) is 7.51. The van der Waals surface area contributed by atoms with Gasteiger partial charge in [0.1, 0.15) is 5.82 Å². The fourth-order valence-electron chi connectivity index (χ4n) is 3.69. The van der Waals surface area contributed by atoms with E-state index in [2.05, 4.69) is 5.32 Å². The van der Waals surface area contributed by atoms with Gasteiger partial charge in [0.25, 0.3) is 0 Å². The Balaban J connectivity index is 2.30. The van der Waals surface area contributed by atoms with E-state index in [1.807, 2.05) is 0 Å². The monoisotopic (exact) mass is 507 g/mol. The lowest BCUT2D eigenvalue weighted by molar-refractivity contribution is -0.202. The molecule has 0 saturated carbocycles. The van der Waals surface area contributed by atoms with Crippen molar-refractivity contribution in [3.05, 3.63) is 106 Å². The van der Waals surface area contributed by atoms with E-state index in [1.165, 1.54) is 12.1 Å². The van der Waals surface area contributed by atoms with Gasteiger partial charge < -0.3 is 10.4 Å². The molecule has 3 aromatic carbocycles. The first-order chi connectivity index (χ1) is 16.2. The molecule has 0 unspecified atom stereocenters. The van der Waals surface area contributed by atoms with E-state index in [-0.39, 0.29) is 11.6 Å². The fourth-order valence-corrected chi connectivity index (χ4v) is 3.69. The van der Waals surface area contributed by atoms with Crippen LogP contribution in [0.15, 0.2) is 66.7 Å². The molecule has 3 rings (SSSR count). The highest BCUT2D eigenvalue weighted by Gasteiger charge is 2.43. The Hall–Kier alpha value is -3.05. The van der Waals surface area contributed by atoms with Gasteiger partial charge in [-0.3, -0.25) is 0 Å². The maximum atomic E-state index is 14.4. The van der Waals surface area contributed by atoms with Crippen molar-refractivity contribution >= 4 is 0 Å². The first kappa shape index (κ1) is 26.6. The fraction of sp³-hybridized carbons (Fsp3) is 0.250. The summed E-state index contributed by atoms with van der Waals surface area (Å²) in [7, 11) is 0. The molecule has 0 aliphatic carbocycles. The number of hydrogen-bond acceptors (Lipinski definition) is 2. The molecule has 0 spiro atoms. The van der Waals surface area contributed by atoms with E-state index in [0.29, 0.717) is 29.8 Å². The number of halogens is 9.